The molecule has 9 heteroatoms. The minimum atomic E-state index is -3.67. The van der Waals surface area contributed by atoms with Crippen LogP contribution in [-0.4, -0.2) is 33.3 Å². The first-order chi connectivity index (χ1) is 15.9. The molecule has 0 saturated carbocycles. The summed E-state index contributed by atoms with van der Waals surface area (Å²) in [7, 11) is -3.67. The van der Waals surface area contributed by atoms with E-state index in [2.05, 4.69) is 10.6 Å². The average Bonchev–Trinajstić information content (AvgIpc) is 3.38. The van der Waals surface area contributed by atoms with Gasteiger partial charge in [0.2, 0.25) is 0 Å². The van der Waals surface area contributed by atoms with Crippen molar-refractivity contribution in [3.05, 3.63) is 77.2 Å². The minimum Gasteiger partial charge on any atom is -0.348 e. The zero-order valence-corrected chi connectivity index (χ0v) is 19.6. The molecular formula is C24H25N3O4S2. The number of hydrogen-bond acceptors (Lipinski definition) is 5. The normalized spacial score (nSPS) is 13.3. The Labute approximate surface area is 197 Å². The quantitative estimate of drug-likeness (QED) is 0.397. The van der Waals surface area contributed by atoms with E-state index < -0.39 is 21.8 Å². The number of hydrogen-bond donors (Lipinski definition) is 2. The molecule has 0 radical (unpaired) electrons. The average molecular weight is 484 g/mol. The molecule has 3 aromatic rings. The first-order valence-electron chi connectivity index (χ1n) is 10.8. The molecule has 0 fully saturated rings. The predicted octanol–water partition coefficient (Wildman–Crippen LogP) is 3.58. The van der Waals surface area contributed by atoms with E-state index in [4.69, 9.17) is 0 Å². The molecule has 2 aromatic carbocycles. The van der Waals surface area contributed by atoms with Crippen molar-refractivity contribution in [2.75, 3.05) is 22.7 Å². The summed E-state index contributed by atoms with van der Waals surface area (Å²) >= 11 is 1.17. The Hall–Kier alpha value is -3.17. The van der Waals surface area contributed by atoms with Gasteiger partial charge in [0.05, 0.1) is 5.69 Å². The van der Waals surface area contributed by atoms with E-state index in [-0.39, 0.29) is 4.21 Å². The van der Waals surface area contributed by atoms with Gasteiger partial charge in [-0.1, -0.05) is 42.5 Å². The Bertz CT molecular complexity index is 1230. The Kier molecular flexibility index (Phi) is 7.10. The van der Waals surface area contributed by atoms with Crippen LogP contribution in [0.25, 0.3) is 0 Å². The number of amides is 2. The first kappa shape index (κ1) is 23.0. The van der Waals surface area contributed by atoms with Crippen molar-refractivity contribution >= 4 is 44.5 Å². The molecule has 7 nitrogen and oxygen atoms in total. The molecule has 1 aliphatic rings. The fourth-order valence-electron chi connectivity index (χ4n) is 3.79. The van der Waals surface area contributed by atoms with Crippen molar-refractivity contribution in [3.8, 4) is 0 Å². The number of anilines is 2. The maximum atomic E-state index is 13.1. The van der Waals surface area contributed by atoms with Gasteiger partial charge in [-0.15, -0.1) is 11.3 Å². The van der Waals surface area contributed by atoms with E-state index in [0.29, 0.717) is 30.9 Å². The van der Waals surface area contributed by atoms with Gasteiger partial charge in [0.25, 0.3) is 10.0 Å². The summed E-state index contributed by atoms with van der Waals surface area (Å²) in [6.07, 6.45) is 3.00. The molecule has 1 aromatic heterocycles. The van der Waals surface area contributed by atoms with Crippen LogP contribution in [-0.2, 0) is 32.5 Å². The molecular weight excluding hydrogens is 458 g/mol. The standard InChI is InChI=1S/C24H25N3O4S2/c28-23(25-14-4-9-18-7-2-1-3-8-18)24(29)26-20-13-12-19-10-5-15-27(21(19)17-20)33(30,31)22-11-6-16-32-22/h1-3,6-8,11-13,16-17H,4-5,9-10,14-15H2,(H,25,28)(H,26,29). The number of fused-ring (bicyclic) bond motifs is 1. The van der Waals surface area contributed by atoms with Crippen molar-refractivity contribution in [1.29, 1.82) is 0 Å². The van der Waals surface area contributed by atoms with Crippen LogP contribution in [0, 0.1) is 0 Å². The van der Waals surface area contributed by atoms with Gasteiger partial charge < -0.3 is 10.6 Å². The van der Waals surface area contributed by atoms with Crippen molar-refractivity contribution < 1.29 is 18.0 Å². The molecule has 2 N–H and O–H groups in total. The number of sulfonamides is 1. The second-order valence-electron chi connectivity index (χ2n) is 7.76. The summed E-state index contributed by atoms with van der Waals surface area (Å²) in [4.78, 5) is 24.6. The van der Waals surface area contributed by atoms with Gasteiger partial charge in [-0.2, -0.15) is 0 Å². The van der Waals surface area contributed by atoms with Crippen LogP contribution in [0.4, 0.5) is 11.4 Å². The fourth-order valence-corrected chi connectivity index (χ4v) is 6.43. The number of thiophene rings is 1. The molecule has 4 rings (SSSR count). The zero-order chi connectivity index (χ0) is 23.3. The Balaban J connectivity index is 1.39. The number of nitrogens with zero attached hydrogens (tertiary/aromatic N) is 1. The molecule has 0 bridgehead atoms. The summed E-state index contributed by atoms with van der Waals surface area (Å²) < 4.78 is 27.8. The third-order valence-corrected chi connectivity index (χ3v) is 8.62. The highest BCUT2D eigenvalue weighted by molar-refractivity contribution is 7.94. The van der Waals surface area contributed by atoms with E-state index in [1.165, 1.54) is 21.2 Å². The smallest absolute Gasteiger partial charge is 0.313 e. The van der Waals surface area contributed by atoms with Crippen LogP contribution in [0.2, 0.25) is 0 Å². The van der Waals surface area contributed by atoms with E-state index in [1.807, 2.05) is 30.3 Å². The van der Waals surface area contributed by atoms with Crippen molar-refractivity contribution in [2.24, 2.45) is 0 Å². The summed E-state index contributed by atoms with van der Waals surface area (Å²) in [5.74, 6) is -1.50. The maximum Gasteiger partial charge on any atom is 0.313 e. The van der Waals surface area contributed by atoms with E-state index >= 15 is 0 Å². The molecule has 1 aliphatic heterocycles. The van der Waals surface area contributed by atoms with Crippen LogP contribution >= 0.6 is 11.3 Å². The number of rotatable bonds is 7. The van der Waals surface area contributed by atoms with Crippen molar-refractivity contribution in [2.45, 2.75) is 29.9 Å². The van der Waals surface area contributed by atoms with Gasteiger partial charge in [0.1, 0.15) is 4.21 Å². The summed E-state index contributed by atoms with van der Waals surface area (Å²) in [6, 6.07) is 18.3. The van der Waals surface area contributed by atoms with Gasteiger partial charge >= 0.3 is 11.8 Å². The SMILES string of the molecule is O=C(NCCCc1ccccc1)C(=O)Nc1ccc2c(c1)N(S(=O)(=O)c1cccs1)CCC2. The summed E-state index contributed by atoms with van der Waals surface area (Å²) in [5, 5.41) is 6.95. The molecule has 0 spiro atoms. The highest BCUT2D eigenvalue weighted by atomic mass is 32.2. The number of carbonyl (C=O) groups excluding carboxylic acids is 2. The second-order valence-corrected chi connectivity index (χ2v) is 10.8. The van der Waals surface area contributed by atoms with Gasteiger partial charge in [-0.25, -0.2) is 8.42 Å². The van der Waals surface area contributed by atoms with Crippen LogP contribution in [0.5, 0.6) is 0 Å². The lowest BCUT2D eigenvalue weighted by atomic mass is 10.0. The lowest BCUT2D eigenvalue weighted by molar-refractivity contribution is -0.136. The van der Waals surface area contributed by atoms with Crippen LogP contribution in [0.15, 0.2) is 70.3 Å². The number of nitrogens with one attached hydrogen (secondary N) is 2. The third-order valence-electron chi connectivity index (χ3n) is 5.44. The predicted molar refractivity (Wildman–Crippen MR) is 130 cm³/mol. The number of aryl methyl sites for hydroxylation is 2. The van der Waals surface area contributed by atoms with Crippen LogP contribution in [0.3, 0.4) is 0 Å². The van der Waals surface area contributed by atoms with E-state index in [0.717, 1.165) is 24.8 Å². The molecule has 0 aliphatic carbocycles. The highest BCUT2D eigenvalue weighted by Crippen LogP contribution is 2.35. The van der Waals surface area contributed by atoms with Gasteiger partial charge in [-0.05, 0) is 60.4 Å². The molecule has 33 heavy (non-hydrogen) atoms. The number of carbonyl (C=O) groups is 2. The van der Waals surface area contributed by atoms with Crippen LogP contribution in [0.1, 0.15) is 24.0 Å². The van der Waals surface area contributed by atoms with Gasteiger partial charge in [-0.3, -0.25) is 13.9 Å². The van der Waals surface area contributed by atoms with Gasteiger partial charge in [0.15, 0.2) is 0 Å². The third kappa shape index (κ3) is 5.43. The molecule has 172 valence electrons. The van der Waals surface area contributed by atoms with Crippen LogP contribution < -0.4 is 14.9 Å². The zero-order valence-electron chi connectivity index (χ0n) is 18.0. The molecule has 0 atom stereocenters. The Morgan fingerprint density at radius 3 is 2.58 bits per heavy atom. The second kappa shape index (κ2) is 10.2. The molecule has 0 unspecified atom stereocenters. The summed E-state index contributed by atoms with van der Waals surface area (Å²) in [5.41, 5.74) is 2.99. The highest BCUT2D eigenvalue weighted by Gasteiger charge is 2.30. The fraction of sp³-hybridized carbons (Fsp3) is 0.250. The lowest BCUT2D eigenvalue weighted by Gasteiger charge is -2.30. The largest absolute Gasteiger partial charge is 0.348 e. The minimum absolute atomic E-state index is 0.277. The monoisotopic (exact) mass is 483 g/mol. The molecule has 0 saturated heterocycles. The summed E-state index contributed by atoms with van der Waals surface area (Å²) in [6.45, 7) is 0.755. The number of benzene rings is 2. The first-order valence-corrected chi connectivity index (χ1v) is 13.1. The van der Waals surface area contributed by atoms with E-state index in [9.17, 15) is 18.0 Å². The van der Waals surface area contributed by atoms with E-state index in [1.54, 1.807) is 35.7 Å². The lowest BCUT2D eigenvalue weighted by Crippen LogP contribution is -2.37. The Morgan fingerprint density at radius 2 is 1.82 bits per heavy atom. The van der Waals surface area contributed by atoms with Crippen molar-refractivity contribution in [3.63, 3.8) is 0 Å². The molecule has 2 amide bonds. The molecule has 2 heterocycles. The van der Waals surface area contributed by atoms with Gasteiger partial charge in [0, 0.05) is 18.8 Å². The van der Waals surface area contributed by atoms with Crippen molar-refractivity contribution in [1.82, 2.24) is 5.32 Å². The Morgan fingerprint density at radius 1 is 1.00 bits per heavy atom. The topological polar surface area (TPSA) is 95.6 Å². The maximum absolute atomic E-state index is 13.1.